The van der Waals surface area contributed by atoms with Crippen molar-refractivity contribution in [3.05, 3.63) is 12.7 Å². The van der Waals surface area contributed by atoms with Crippen molar-refractivity contribution in [2.75, 3.05) is 5.73 Å². The molecule has 76 valence electrons. The van der Waals surface area contributed by atoms with Gasteiger partial charge in [0.05, 0.1) is 0 Å². The van der Waals surface area contributed by atoms with Crippen molar-refractivity contribution in [1.82, 2.24) is 17.3 Å². The first-order valence-corrected chi connectivity index (χ1v) is 24.1. The molecule has 0 bridgehead atoms. The third-order valence-corrected chi connectivity index (χ3v) is 6.22. The topological polar surface area (TPSA) is 69.6 Å². The molecule has 0 aliphatic heterocycles. The van der Waals surface area contributed by atoms with Crippen molar-refractivity contribution >= 4 is 17.0 Å². The Bertz CT molecular complexity index is 417. The average molecular weight is 781 g/mol. The third-order valence-electron chi connectivity index (χ3n) is 1.77. The number of nitrogens with two attached hydrogens (primary N) is 1. The molecule has 2 rings (SSSR count). The van der Waals surface area contributed by atoms with Gasteiger partial charge in [0, 0.05) is 0 Å². The van der Waals surface area contributed by atoms with Crippen LogP contribution in [0, 0.1) is 0 Å². The molecule has 2 heterocycles. The molecule has 2 aromatic rings. The Balaban J connectivity index is 0.000000509. The summed E-state index contributed by atoms with van der Waals surface area (Å²) in [6.07, 6.45) is 3.30. The molecule has 0 radical (unpaired) electrons. The standard InChI is InChI=1S/C5H4N5.3CH3.3Hg/c6-4-3-5(9-1-7-3)10-2-8-4;;;;;;/h1-2H,(H2-,6,7,8,9,10);3*1H3;;;/q-1;;;;;;+1. The molecule has 0 spiro atoms. The van der Waals surface area contributed by atoms with Crippen molar-refractivity contribution < 1.29 is 77.1 Å². The monoisotopic (exact) mass is 785 g/mol. The predicted octanol–water partition coefficient (Wildman–Crippen LogP) is 1.46. The molecule has 2 aromatic heterocycles. The predicted molar refractivity (Wildman–Crippen MR) is 52.7 cm³/mol. The number of imidazole rings is 1. The first-order chi connectivity index (χ1) is 7.83. The van der Waals surface area contributed by atoms with Gasteiger partial charge in [0.1, 0.15) is 0 Å². The Morgan fingerprint density at radius 2 is 1.81 bits per heavy atom. The third kappa shape index (κ3) is 4.44. The second-order valence-corrected chi connectivity index (χ2v) is 7.57. The van der Waals surface area contributed by atoms with Crippen LogP contribution in [0.1, 0.15) is 0 Å². The second-order valence-electron chi connectivity index (χ2n) is 2.46. The van der Waals surface area contributed by atoms with Gasteiger partial charge in [-0.2, -0.15) is 0 Å². The zero-order valence-corrected chi connectivity index (χ0v) is 26.6. The summed E-state index contributed by atoms with van der Waals surface area (Å²) in [5.41, 5.74) is 7.25. The van der Waals surface area contributed by atoms with Crippen LogP contribution in [-0.4, -0.2) is 17.3 Å². The van der Waals surface area contributed by atoms with E-state index in [1.807, 2.05) is 6.33 Å². The number of nitrogen functional groups attached to an aromatic ring is 1. The Morgan fingerprint density at radius 1 is 1.19 bits per heavy atom. The molecular weight excluding hydrogens is 768 g/mol. The Morgan fingerprint density at radius 3 is 2.38 bits per heavy atom. The molecule has 0 aromatic carbocycles. The molecule has 0 fully saturated rings. The molecule has 0 saturated heterocycles. The van der Waals surface area contributed by atoms with Gasteiger partial charge in [-0.05, 0) is 0 Å². The Hall–Kier alpha value is 1.16. The van der Waals surface area contributed by atoms with Gasteiger partial charge in [0.25, 0.3) is 0 Å². The summed E-state index contributed by atoms with van der Waals surface area (Å²) in [6, 6.07) is 0. The number of fused-ring (bicyclic) bond motifs is 1. The van der Waals surface area contributed by atoms with Crippen LogP contribution in [-0.2, 0) is 77.1 Å². The van der Waals surface area contributed by atoms with Crippen LogP contribution in [0.4, 0.5) is 5.82 Å². The summed E-state index contributed by atoms with van der Waals surface area (Å²) in [5, 5.41) is 0. The number of hydrogen-bond acceptors (Lipinski definition) is 4. The molecule has 2 N–H and O–H groups in total. The molecule has 8 heteroatoms. The molecule has 0 amide bonds. The van der Waals surface area contributed by atoms with Crippen molar-refractivity contribution in [3.8, 4) is 0 Å². The van der Waals surface area contributed by atoms with Gasteiger partial charge >= 0.3 is 143 Å². The number of rotatable bonds is 1. The van der Waals surface area contributed by atoms with Gasteiger partial charge in [0.15, 0.2) is 0 Å². The normalized spacial score (nSPS) is 8.44. The van der Waals surface area contributed by atoms with Gasteiger partial charge in [-0.15, -0.1) is 0 Å². The van der Waals surface area contributed by atoms with Crippen LogP contribution in [0.3, 0.4) is 0 Å². The van der Waals surface area contributed by atoms with Crippen molar-refractivity contribution in [2.45, 2.75) is 13.3 Å². The molecule has 0 unspecified atom stereocenters. The molecule has 0 aliphatic rings. The molecule has 0 saturated carbocycles. The molecule has 0 atom stereocenters. The van der Waals surface area contributed by atoms with E-state index < -0.39 is 24.9 Å². The first-order valence-electron chi connectivity index (χ1n) is 5.15. The minimum absolute atomic E-state index is 0.473. The quantitative estimate of drug-likeness (QED) is 0.446. The van der Waals surface area contributed by atoms with E-state index in [1.54, 1.807) is 0 Å². The van der Waals surface area contributed by atoms with Crippen LogP contribution in [0.5, 0.6) is 0 Å². The van der Waals surface area contributed by atoms with E-state index >= 15 is 0 Å². The van der Waals surface area contributed by atoms with E-state index in [2.05, 4.69) is 30.6 Å². The average Bonchev–Trinajstić information content (AvgIpc) is 2.79. The van der Waals surface area contributed by atoms with E-state index in [9.17, 15) is 0 Å². The number of aromatic nitrogens is 4. The fourth-order valence-corrected chi connectivity index (χ4v) is 4.15. The maximum absolute atomic E-state index is 5.62. The van der Waals surface area contributed by atoms with Crippen LogP contribution in [0.15, 0.2) is 12.7 Å². The van der Waals surface area contributed by atoms with Crippen molar-refractivity contribution in [1.29, 1.82) is 0 Å². The van der Waals surface area contributed by atoms with Crippen LogP contribution >= 0.6 is 0 Å². The van der Waals surface area contributed by atoms with Crippen molar-refractivity contribution in [3.63, 3.8) is 0 Å². The minimum atomic E-state index is -0.978. The van der Waals surface area contributed by atoms with E-state index in [0.717, 1.165) is 63.4 Å². The molecular formula is C8H13Hg3N5. The van der Waals surface area contributed by atoms with E-state index in [1.165, 1.54) is 6.33 Å². The molecule has 5 nitrogen and oxygen atoms in total. The summed E-state index contributed by atoms with van der Waals surface area (Å²) in [7, 11) is 0. The van der Waals surface area contributed by atoms with Crippen LogP contribution < -0.4 is 5.73 Å². The van der Waals surface area contributed by atoms with E-state index in [0.29, 0.717) is 5.82 Å². The number of anilines is 1. The van der Waals surface area contributed by atoms with Gasteiger partial charge < -0.3 is 0 Å². The van der Waals surface area contributed by atoms with Gasteiger partial charge in [0.2, 0.25) is 0 Å². The van der Waals surface area contributed by atoms with E-state index in [-0.39, 0.29) is 0 Å². The zero-order chi connectivity index (χ0) is 12.6. The van der Waals surface area contributed by atoms with E-state index in [4.69, 9.17) is 5.73 Å². The summed E-state index contributed by atoms with van der Waals surface area (Å²) in [5.74, 6) is 0.473. The Labute approximate surface area is 141 Å². The van der Waals surface area contributed by atoms with Crippen LogP contribution in [0.25, 0.3) is 11.2 Å². The fourth-order valence-electron chi connectivity index (χ4n) is 1.13. The van der Waals surface area contributed by atoms with Gasteiger partial charge in [-0.1, -0.05) is 0 Å². The fraction of sp³-hybridized carbons (Fsp3) is 0.375. The van der Waals surface area contributed by atoms with Gasteiger partial charge in [-0.3, -0.25) is 0 Å². The summed E-state index contributed by atoms with van der Waals surface area (Å²) in [6.45, 7) is 0. The van der Waals surface area contributed by atoms with Crippen molar-refractivity contribution in [2.24, 2.45) is 0 Å². The van der Waals surface area contributed by atoms with Gasteiger partial charge in [-0.25, -0.2) is 0 Å². The maximum atomic E-state index is 5.62. The molecule has 16 heavy (non-hydrogen) atoms. The summed E-state index contributed by atoms with van der Waals surface area (Å²) >= 11 is 1.08. The SMILES string of the molecule is [CH3][Hg].[CH3][Hg].[CH3][Hg][n]1cnc2c(N)ncnc21. The zero-order valence-electron chi connectivity index (χ0n) is 10.1. The number of hydrogen-bond donors (Lipinski definition) is 1. The summed E-state index contributed by atoms with van der Waals surface area (Å²) in [4.78, 5) is 12.2. The first kappa shape index (κ1) is 17.2. The number of nitrogens with zero attached hydrogens (tertiary/aromatic N) is 4. The Kier molecular flexibility index (Phi) is 10.8. The molecule has 0 aliphatic carbocycles. The van der Waals surface area contributed by atoms with Crippen LogP contribution in [0.2, 0.25) is 13.3 Å². The second kappa shape index (κ2) is 10.1. The summed E-state index contributed by atoms with van der Waals surface area (Å²) < 4.78 is 8.78.